The molecular formula is C21H22ClNO2. The maximum Gasteiger partial charge on any atom is 0.244 e. The molecule has 1 heterocycles. The molecule has 0 fully saturated rings. The van der Waals surface area contributed by atoms with Gasteiger partial charge in [0.1, 0.15) is 11.4 Å². The minimum atomic E-state index is -0.319. The molecule has 1 amide bonds. The van der Waals surface area contributed by atoms with Crippen molar-refractivity contribution < 1.29 is 9.53 Å². The molecule has 0 radical (unpaired) electrons. The molecule has 3 nitrogen and oxygen atoms in total. The Kier molecular flexibility index (Phi) is 4.87. The van der Waals surface area contributed by atoms with Crippen molar-refractivity contribution in [2.45, 2.75) is 38.8 Å². The van der Waals surface area contributed by atoms with Gasteiger partial charge in [-0.3, -0.25) is 4.79 Å². The van der Waals surface area contributed by atoms with E-state index in [2.05, 4.69) is 11.4 Å². The van der Waals surface area contributed by atoms with Crippen LogP contribution in [0.1, 0.15) is 43.0 Å². The lowest BCUT2D eigenvalue weighted by atomic mass is 9.89. The first-order chi connectivity index (χ1) is 11.8. The zero-order valence-electron chi connectivity index (χ0n) is 14.7. The van der Waals surface area contributed by atoms with Gasteiger partial charge in [-0.05, 0) is 50.6 Å². The summed E-state index contributed by atoms with van der Waals surface area (Å²) < 4.78 is 6.04. The highest BCUT2D eigenvalue weighted by atomic mass is 35.5. The van der Waals surface area contributed by atoms with Gasteiger partial charge in [0.05, 0.1) is 6.04 Å². The summed E-state index contributed by atoms with van der Waals surface area (Å²) >= 11 is 5.88. The number of carbonyl (C=O) groups excluding carboxylic acids is 1. The normalized spacial score (nSPS) is 18.5. The molecule has 0 bridgehead atoms. The van der Waals surface area contributed by atoms with Crippen LogP contribution in [0.2, 0.25) is 5.02 Å². The van der Waals surface area contributed by atoms with Gasteiger partial charge in [-0.15, -0.1) is 0 Å². The number of hydrogen-bond donors (Lipinski definition) is 1. The van der Waals surface area contributed by atoms with Crippen LogP contribution in [0.4, 0.5) is 0 Å². The predicted molar refractivity (Wildman–Crippen MR) is 102 cm³/mol. The van der Waals surface area contributed by atoms with Crippen LogP contribution >= 0.6 is 11.6 Å². The molecule has 1 atom stereocenters. The van der Waals surface area contributed by atoms with Crippen molar-refractivity contribution in [2.24, 2.45) is 0 Å². The van der Waals surface area contributed by atoms with Crippen molar-refractivity contribution in [2.75, 3.05) is 0 Å². The van der Waals surface area contributed by atoms with Gasteiger partial charge in [-0.2, -0.15) is 0 Å². The molecule has 0 saturated heterocycles. The van der Waals surface area contributed by atoms with E-state index in [9.17, 15) is 4.79 Å². The fourth-order valence-electron chi connectivity index (χ4n) is 3.07. The van der Waals surface area contributed by atoms with Crippen LogP contribution in [0.5, 0.6) is 5.75 Å². The SMILES string of the molecule is Cc1ccc2c(c1)[C@@H](NC(=O)/C=C/c1ccc(Cl)cc1)CC(C)(C)O2. The Labute approximate surface area is 153 Å². The standard InChI is InChI=1S/C21H22ClNO2/c1-14-4-10-19-17(12-14)18(13-21(2,3)25-19)23-20(24)11-7-15-5-8-16(22)9-6-15/h4-12,18H,13H2,1-3H3,(H,23,24)/b11-7+/t18-/m0/s1. The van der Waals surface area contributed by atoms with Crippen molar-refractivity contribution in [1.82, 2.24) is 5.32 Å². The number of carbonyl (C=O) groups is 1. The summed E-state index contributed by atoms with van der Waals surface area (Å²) in [6.07, 6.45) is 4.07. The van der Waals surface area contributed by atoms with Gasteiger partial charge in [0, 0.05) is 23.1 Å². The Hall–Kier alpha value is -2.26. The molecule has 4 heteroatoms. The van der Waals surface area contributed by atoms with E-state index in [-0.39, 0.29) is 17.6 Å². The Balaban J connectivity index is 1.76. The Bertz CT molecular complexity index is 809. The monoisotopic (exact) mass is 355 g/mol. The van der Waals surface area contributed by atoms with E-state index in [4.69, 9.17) is 16.3 Å². The Morgan fingerprint density at radius 2 is 1.96 bits per heavy atom. The molecule has 25 heavy (non-hydrogen) atoms. The van der Waals surface area contributed by atoms with Crippen LogP contribution in [-0.2, 0) is 4.79 Å². The fourth-order valence-corrected chi connectivity index (χ4v) is 3.19. The van der Waals surface area contributed by atoms with E-state index in [1.54, 1.807) is 24.3 Å². The maximum atomic E-state index is 12.4. The summed E-state index contributed by atoms with van der Waals surface area (Å²) in [5, 5.41) is 3.79. The van der Waals surface area contributed by atoms with Gasteiger partial charge in [0.2, 0.25) is 5.91 Å². The average molecular weight is 356 g/mol. The van der Waals surface area contributed by atoms with Gasteiger partial charge in [0.15, 0.2) is 0 Å². The highest BCUT2D eigenvalue weighted by Gasteiger charge is 2.34. The van der Waals surface area contributed by atoms with Gasteiger partial charge in [-0.25, -0.2) is 0 Å². The summed E-state index contributed by atoms with van der Waals surface area (Å²) in [5.41, 5.74) is 2.80. The predicted octanol–water partition coefficient (Wildman–Crippen LogP) is 5.08. The van der Waals surface area contributed by atoms with Crippen molar-refractivity contribution in [3.63, 3.8) is 0 Å². The zero-order valence-corrected chi connectivity index (χ0v) is 15.4. The number of halogens is 1. The molecule has 0 spiro atoms. The van der Waals surface area contributed by atoms with E-state index in [0.29, 0.717) is 5.02 Å². The highest BCUT2D eigenvalue weighted by Crippen LogP contribution is 2.39. The summed E-state index contributed by atoms with van der Waals surface area (Å²) in [4.78, 5) is 12.4. The summed E-state index contributed by atoms with van der Waals surface area (Å²) in [5.74, 6) is 0.721. The first-order valence-corrected chi connectivity index (χ1v) is 8.74. The number of rotatable bonds is 3. The highest BCUT2D eigenvalue weighted by molar-refractivity contribution is 6.30. The summed E-state index contributed by atoms with van der Waals surface area (Å²) in [6.45, 7) is 6.12. The number of aryl methyl sites for hydroxylation is 1. The molecular weight excluding hydrogens is 334 g/mol. The molecule has 1 N–H and O–H groups in total. The lowest BCUT2D eigenvalue weighted by Crippen LogP contribution is -2.41. The largest absolute Gasteiger partial charge is 0.487 e. The topological polar surface area (TPSA) is 38.3 Å². The van der Waals surface area contributed by atoms with Crippen molar-refractivity contribution in [3.05, 3.63) is 70.3 Å². The van der Waals surface area contributed by atoms with Gasteiger partial charge in [0.25, 0.3) is 0 Å². The van der Waals surface area contributed by atoms with E-state index in [1.165, 1.54) is 0 Å². The third kappa shape index (κ3) is 4.43. The molecule has 0 aliphatic carbocycles. The average Bonchev–Trinajstić information content (AvgIpc) is 2.54. The lowest BCUT2D eigenvalue weighted by molar-refractivity contribution is -0.117. The third-order valence-corrected chi connectivity index (χ3v) is 4.49. The molecule has 2 aromatic rings. The van der Waals surface area contributed by atoms with Gasteiger partial charge < -0.3 is 10.1 Å². The number of hydrogen-bond acceptors (Lipinski definition) is 2. The summed E-state index contributed by atoms with van der Waals surface area (Å²) in [6, 6.07) is 13.4. The van der Waals surface area contributed by atoms with Crippen LogP contribution < -0.4 is 10.1 Å². The zero-order chi connectivity index (χ0) is 18.0. The molecule has 0 unspecified atom stereocenters. The quantitative estimate of drug-likeness (QED) is 0.779. The molecule has 0 saturated carbocycles. The second kappa shape index (κ2) is 6.93. The van der Waals surface area contributed by atoms with Crippen molar-refractivity contribution in [1.29, 1.82) is 0 Å². The first-order valence-electron chi connectivity index (χ1n) is 8.36. The third-order valence-electron chi connectivity index (χ3n) is 4.24. The van der Waals surface area contributed by atoms with Crippen molar-refractivity contribution in [3.8, 4) is 5.75 Å². The second-order valence-corrected chi connectivity index (χ2v) is 7.49. The van der Waals surface area contributed by atoms with E-state index >= 15 is 0 Å². The molecule has 2 aromatic carbocycles. The second-order valence-electron chi connectivity index (χ2n) is 7.05. The van der Waals surface area contributed by atoms with Crippen LogP contribution in [0.25, 0.3) is 6.08 Å². The van der Waals surface area contributed by atoms with Crippen LogP contribution in [0, 0.1) is 6.92 Å². The smallest absolute Gasteiger partial charge is 0.244 e. The molecule has 3 rings (SSSR count). The minimum absolute atomic E-state index is 0.0685. The van der Waals surface area contributed by atoms with Crippen LogP contribution in [-0.4, -0.2) is 11.5 Å². The molecule has 1 aliphatic rings. The Morgan fingerprint density at radius 1 is 1.24 bits per heavy atom. The maximum absolute atomic E-state index is 12.4. The van der Waals surface area contributed by atoms with E-state index in [1.807, 2.05) is 45.0 Å². The van der Waals surface area contributed by atoms with E-state index < -0.39 is 0 Å². The molecule has 1 aliphatic heterocycles. The Morgan fingerprint density at radius 3 is 2.68 bits per heavy atom. The number of fused-ring (bicyclic) bond motifs is 1. The number of benzene rings is 2. The van der Waals surface area contributed by atoms with Crippen LogP contribution in [0.15, 0.2) is 48.5 Å². The fraction of sp³-hybridized carbons (Fsp3) is 0.286. The number of nitrogens with one attached hydrogen (secondary N) is 1. The van der Waals surface area contributed by atoms with Crippen molar-refractivity contribution >= 4 is 23.6 Å². The minimum Gasteiger partial charge on any atom is -0.487 e. The van der Waals surface area contributed by atoms with Crippen LogP contribution in [0.3, 0.4) is 0 Å². The summed E-state index contributed by atoms with van der Waals surface area (Å²) in [7, 11) is 0. The van der Waals surface area contributed by atoms with Gasteiger partial charge >= 0.3 is 0 Å². The first kappa shape index (κ1) is 17.6. The lowest BCUT2D eigenvalue weighted by Gasteiger charge is -2.38. The number of amides is 1. The van der Waals surface area contributed by atoms with Gasteiger partial charge in [-0.1, -0.05) is 41.4 Å². The van der Waals surface area contributed by atoms with E-state index in [0.717, 1.165) is 28.9 Å². The number of ether oxygens (including phenoxy) is 1. The molecule has 0 aromatic heterocycles. The molecule has 130 valence electrons.